The summed E-state index contributed by atoms with van der Waals surface area (Å²) in [6.07, 6.45) is 0.787. The van der Waals surface area contributed by atoms with Gasteiger partial charge < -0.3 is 15.3 Å². The highest BCUT2D eigenvalue weighted by atomic mass is 16.4. The lowest BCUT2D eigenvalue weighted by molar-refractivity contribution is -0.135. The van der Waals surface area contributed by atoms with E-state index in [-0.39, 0.29) is 17.4 Å². The molecule has 0 aliphatic carbocycles. The fraction of sp³-hybridized carbons (Fsp3) is 0.500. The minimum absolute atomic E-state index is 0.0610. The zero-order valence-corrected chi connectivity index (χ0v) is 12.6. The summed E-state index contributed by atoms with van der Waals surface area (Å²) in [7, 11) is 0. The number of carbonyl (C=O) groups excluding carboxylic acids is 1. The van der Waals surface area contributed by atoms with Gasteiger partial charge in [0.15, 0.2) is 0 Å². The van der Waals surface area contributed by atoms with Crippen LogP contribution in [0.5, 0.6) is 0 Å². The molecular formula is C16H22N2O3. The number of carbonyl (C=O) groups is 2. The third kappa shape index (κ3) is 3.61. The molecule has 0 radical (unpaired) electrons. The molecule has 1 aromatic rings. The summed E-state index contributed by atoms with van der Waals surface area (Å²) < 4.78 is 0. The van der Waals surface area contributed by atoms with Crippen LogP contribution in [-0.4, -0.2) is 41.5 Å². The topological polar surface area (TPSA) is 69.6 Å². The standard InChI is InChI=1S/C16H22N2O3/c1-3-17-9-11(2)15(19)18-7-6-12-4-5-13(16(20)21)8-14(12)10-18/h4-5,8,11,17H,3,6-7,9-10H2,1-2H3,(H,20,21). The summed E-state index contributed by atoms with van der Waals surface area (Å²) in [6, 6.07) is 5.18. The maximum absolute atomic E-state index is 12.4. The van der Waals surface area contributed by atoms with Crippen molar-refractivity contribution in [2.45, 2.75) is 26.8 Å². The van der Waals surface area contributed by atoms with E-state index in [1.165, 1.54) is 0 Å². The molecule has 1 aliphatic rings. The van der Waals surface area contributed by atoms with Gasteiger partial charge >= 0.3 is 5.97 Å². The van der Waals surface area contributed by atoms with E-state index in [1.807, 2.05) is 24.8 Å². The maximum atomic E-state index is 12.4. The van der Waals surface area contributed by atoms with Crippen molar-refractivity contribution >= 4 is 11.9 Å². The number of nitrogens with one attached hydrogen (secondary N) is 1. The Morgan fingerprint density at radius 2 is 2.14 bits per heavy atom. The first-order chi connectivity index (χ1) is 10.0. The summed E-state index contributed by atoms with van der Waals surface area (Å²) in [5.74, 6) is -0.863. The predicted molar refractivity (Wildman–Crippen MR) is 80.2 cm³/mol. The Bertz CT molecular complexity index is 542. The van der Waals surface area contributed by atoms with Gasteiger partial charge in [-0.3, -0.25) is 4.79 Å². The van der Waals surface area contributed by atoms with Crippen LogP contribution in [0.1, 0.15) is 35.3 Å². The molecule has 1 unspecified atom stereocenters. The smallest absolute Gasteiger partial charge is 0.335 e. The molecule has 1 heterocycles. The Balaban J connectivity index is 2.09. The molecule has 0 fully saturated rings. The van der Waals surface area contributed by atoms with E-state index >= 15 is 0 Å². The molecule has 0 bridgehead atoms. The minimum atomic E-state index is -0.929. The fourth-order valence-corrected chi connectivity index (χ4v) is 2.64. The van der Waals surface area contributed by atoms with Crippen LogP contribution in [-0.2, 0) is 17.8 Å². The van der Waals surface area contributed by atoms with Crippen molar-refractivity contribution in [2.75, 3.05) is 19.6 Å². The molecule has 0 saturated carbocycles. The second-order valence-corrected chi connectivity index (χ2v) is 5.51. The Kier molecular flexibility index (Phi) is 4.96. The number of fused-ring (bicyclic) bond motifs is 1. The monoisotopic (exact) mass is 290 g/mol. The van der Waals surface area contributed by atoms with Gasteiger partial charge in [-0.2, -0.15) is 0 Å². The van der Waals surface area contributed by atoms with E-state index in [0.717, 1.165) is 24.1 Å². The number of hydrogen-bond acceptors (Lipinski definition) is 3. The van der Waals surface area contributed by atoms with Crippen LogP contribution in [0.15, 0.2) is 18.2 Å². The number of carboxylic acid groups (broad SMARTS) is 1. The van der Waals surface area contributed by atoms with Crippen LogP contribution < -0.4 is 5.32 Å². The minimum Gasteiger partial charge on any atom is -0.478 e. The molecule has 1 amide bonds. The second kappa shape index (κ2) is 6.72. The van der Waals surface area contributed by atoms with Crippen LogP contribution in [0.2, 0.25) is 0 Å². The molecule has 5 nitrogen and oxygen atoms in total. The molecule has 2 rings (SSSR count). The van der Waals surface area contributed by atoms with Crippen LogP contribution in [0.4, 0.5) is 0 Å². The van der Waals surface area contributed by atoms with Crippen molar-refractivity contribution in [3.63, 3.8) is 0 Å². The van der Waals surface area contributed by atoms with Crippen LogP contribution in [0.25, 0.3) is 0 Å². The summed E-state index contributed by atoms with van der Waals surface area (Å²) in [4.78, 5) is 25.3. The lowest BCUT2D eigenvalue weighted by Crippen LogP contribution is -2.41. The Labute approximate surface area is 125 Å². The lowest BCUT2D eigenvalue weighted by atomic mass is 9.96. The van der Waals surface area contributed by atoms with E-state index in [0.29, 0.717) is 19.6 Å². The molecule has 0 saturated heterocycles. The van der Waals surface area contributed by atoms with Gasteiger partial charge in [-0.15, -0.1) is 0 Å². The average Bonchev–Trinajstić information content (AvgIpc) is 2.50. The van der Waals surface area contributed by atoms with Crippen molar-refractivity contribution in [1.82, 2.24) is 10.2 Å². The molecule has 2 N–H and O–H groups in total. The molecule has 1 aliphatic heterocycles. The number of aromatic carboxylic acids is 1. The predicted octanol–water partition coefficient (Wildman–Crippen LogP) is 1.52. The molecule has 1 atom stereocenters. The zero-order chi connectivity index (χ0) is 15.4. The van der Waals surface area contributed by atoms with Crippen molar-refractivity contribution in [3.05, 3.63) is 34.9 Å². The van der Waals surface area contributed by atoms with Crippen LogP contribution in [0, 0.1) is 5.92 Å². The Morgan fingerprint density at radius 3 is 2.81 bits per heavy atom. The van der Waals surface area contributed by atoms with Crippen molar-refractivity contribution < 1.29 is 14.7 Å². The summed E-state index contributed by atoms with van der Waals surface area (Å²) in [6.45, 7) is 6.67. The van der Waals surface area contributed by atoms with Crippen molar-refractivity contribution in [1.29, 1.82) is 0 Å². The van der Waals surface area contributed by atoms with E-state index in [9.17, 15) is 9.59 Å². The highest BCUT2D eigenvalue weighted by Crippen LogP contribution is 2.21. The number of nitrogens with zero attached hydrogens (tertiary/aromatic N) is 1. The molecule has 21 heavy (non-hydrogen) atoms. The second-order valence-electron chi connectivity index (χ2n) is 5.51. The lowest BCUT2D eigenvalue weighted by Gasteiger charge is -2.31. The highest BCUT2D eigenvalue weighted by molar-refractivity contribution is 5.88. The Hall–Kier alpha value is -1.88. The quantitative estimate of drug-likeness (QED) is 0.862. The van der Waals surface area contributed by atoms with E-state index in [4.69, 9.17) is 5.11 Å². The normalized spacial score (nSPS) is 15.4. The van der Waals surface area contributed by atoms with Gasteiger partial charge in [0, 0.05) is 25.6 Å². The molecule has 1 aromatic carbocycles. The van der Waals surface area contributed by atoms with E-state index in [2.05, 4.69) is 5.32 Å². The molecule has 0 aromatic heterocycles. The first-order valence-electron chi connectivity index (χ1n) is 7.37. The first-order valence-corrected chi connectivity index (χ1v) is 7.37. The number of carboxylic acids is 1. The van der Waals surface area contributed by atoms with Gasteiger partial charge in [0.1, 0.15) is 0 Å². The average molecular weight is 290 g/mol. The molecular weight excluding hydrogens is 268 g/mol. The summed E-state index contributed by atoms with van der Waals surface area (Å²) >= 11 is 0. The number of rotatable bonds is 5. The van der Waals surface area contributed by atoms with Crippen molar-refractivity contribution in [2.24, 2.45) is 5.92 Å². The fourth-order valence-electron chi connectivity index (χ4n) is 2.64. The van der Waals surface area contributed by atoms with Crippen LogP contribution in [0.3, 0.4) is 0 Å². The summed E-state index contributed by atoms with van der Waals surface area (Å²) in [5.41, 5.74) is 2.37. The molecule has 114 valence electrons. The number of benzene rings is 1. The van der Waals surface area contributed by atoms with E-state index in [1.54, 1.807) is 12.1 Å². The zero-order valence-electron chi connectivity index (χ0n) is 12.6. The van der Waals surface area contributed by atoms with Gasteiger partial charge in [-0.05, 0) is 36.2 Å². The first kappa shape index (κ1) is 15.5. The largest absolute Gasteiger partial charge is 0.478 e. The van der Waals surface area contributed by atoms with Crippen molar-refractivity contribution in [3.8, 4) is 0 Å². The molecule has 5 heteroatoms. The van der Waals surface area contributed by atoms with Gasteiger partial charge in [0.05, 0.1) is 5.56 Å². The number of amides is 1. The summed E-state index contributed by atoms with van der Waals surface area (Å²) in [5, 5.41) is 12.2. The number of hydrogen-bond donors (Lipinski definition) is 2. The van der Waals surface area contributed by atoms with Gasteiger partial charge in [0.2, 0.25) is 5.91 Å². The van der Waals surface area contributed by atoms with E-state index < -0.39 is 5.97 Å². The third-order valence-electron chi connectivity index (χ3n) is 3.90. The SMILES string of the molecule is CCNCC(C)C(=O)N1CCc2ccc(C(=O)O)cc2C1. The molecule has 0 spiro atoms. The van der Waals surface area contributed by atoms with Crippen LogP contribution >= 0.6 is 0 Å². The van der Waals surface area contributed by atoms with Gasteiger partial charge in [-0.25, -0.2) is 4.79 Å². The Morgan fingerprint density at radius 1 is 1.38 bits per heavy atom. The third-order valence-corrected chi connectivity index (χ3v) is 3.90. The van der Waals surface area contributed by atoms with Gasteiger partial charge in [-0.1, -0.05) is 19.9 Å². The van der Waals surface area contributed by atoms with Gasteiger partial charge in [0.25, 0.3) is 0 Å². The maximum Gasteiger partial charge on any atom is 0.335 e. The highest BCUT2D eigenvalue weighted by Gasteiger charge is 2.24.